The van der Waals surface area contributed by atoms with Crippen LogP contribution in [0.1, 0.15) is 25.6 Å². The second-order valence-corrected chi connectivity index (χ2v) is 5.40. The Hall–Kier alpha value is -2.44. The molecule has 3 rings (SSSR count). The Morgan fingerprint density at radius 1 is 1.55 bits per heavy atom. The van der Waals surface area contributed by atoms with E-state index >= 15 is 0 Å². The smallest absolute Gasteiger partial charge is 0.308 e. The summed E-state index contributed by atoms with van der Waals surface area (Å²) in [6.45, 7) is 3.26. The molecule has 116 valence electrons. The van der Waals surface area contributed by atoms with Crippen LogP contribution < -0.4 is 4.90 Å². The van der Waals surface area contributed by atoms with Gasteiger partial charge in [-0.3, -0.25) is 4.79 Å². The molecule has 0 amide bonds. The molecule has 3 heterocycles. The Morgan fingerprint density at radius 3 is 3.14 bits per heavy atom. The zero-order valence-electron chi connectivity index (χ0n) is 12.4. The van der Waals surface area contributed by atoms with Crippen molar-refractivity contribution in [3.05, 3.63) is 24.2 Å². The number of aromatic nitrogens is 3. The standard InChI is InChI=1S/C15H18N4O3/c1-2-12-17-14(22-18-12)10-5-6-16-13(8-10)19-7-3-4-11(9-19)15(20)21/h5-6,8,11H,2-4,7,9H2,1H3,(H,20,21). The first-order chi connectivity index (χ1) is 10.7. The molecule has 22 heavy (non-hydrogen) atoms. The first-order valence-electron chi connectivity index (χ1n) is 7.44. The summed E-state index contributed by atoms with van der Waals surface area (Å²) in [5, 5.41) is 13.1. The predicted molar refractivity (Wildman–Crippen MR) is 79.5 cm³/mol. The van der Waals surface area contributed by atoms with E-state index in [1.54, 1.807) is 6.20 Å². The summed E-state index contributed by atoms with van der Waals surface area (Å²) >= 11 is 0. The van der Waals surface area contributed by atoms with Crippen LogP contribution in [0.15, 0.2) is 22.9 Å². The fourth-order valence-corrected chi connectivity index (χ4v) is 2.63. The van der Waals surface area contributed by atoms with Crippen LogP contribution in [0.5, 0.6) is 0 Å². The van der Waals surface area contributed by atoms with E-state index in [0.29, 0.717) is 24.7 Å². The molecule has 1 atom stereocenters. The van der Waals surface area contributed by atoms with Crippen molar-refractivity contribution in [1.29, 1.82) is 0 Å². The molecule has 7 heteroatoms. The monoisotopic (exact) mass is 302 g/mol. The van der Waals surface area contributed by atoms with Crippen molar-refractivity contribution < 1.29 is 14.4 Å². The topological polar surface area (TPSA) is 92.4 Å². The van der Waals surface area contributed by atoms with Gasteiger partial charge in [-0.25, -0.2) is 4.98 Å². The number of pyridine rings is 1. The third-order valence-electron chi connectivity index (χ3n) is 3.87. The zero-order chi connectivity index (χ0) is 15.5. The van der Waals surface area contributed by atoms with Gasteiger partial charge in [0.2, 0.25) is 0 Å². The van der Waals surface area contributed by atoms with Gasteiger partial charge in [0.1, 0.15) is 5.82 Å². The van der Waals surface area contributed by atoms with Crippen molar-refractivity contribution in [2.75, 3.05) is 18.0 Å². The number of anilines is 1. The van der Waals surface area contributed by atoms with Gasteiger partial charge in [0.15, 0.2) is 5.82 Å². The number of carboxylic acid groups (broad SMARTS) is 1. The lowest BCUT2D eigenvalue weighted by molar-refractivity contribution is -0.141. The summed E-state index contributed by atoms with van der Waals surface area (Å²) < 4.78 is 5.24. The minimum atomic E-state index is -0.745. The molecule has 1 fully saturated rings. The maximum absolute atomic E-state index is 11.2. The third-order valence-corrected chi connectivity index (χ3v) is 3.87. The van der Waals surface area contributed by atoms with Crippen LogP contribution >= 0.6 is 0 Å². The van der Waals surface area contributed by atoms with Gasteiger partial charge in [-0.05, 0) is 25.0 Å². The van der Waals surface area contributed by atoms with Crippen molar-refractivity contribution in [2.45, 2.75) is 26.2 Å². The van der Waals surface area contributed by atoms with E-state index in [0.717, 1.165) is 30.8 Å². The summed E-state index contributed by atoms with van der Waals surface area (Å²) in [6, 6.07) is 3.69. The second-order valence-electron chi connectivity index (χ2n) is 5.40. The lowest BCUT2D eigenvalue weighted by atomic mass is 9.98. The number of hydrogen-bond acceptors (Lipinski definition) is 6. The van der Waals surface area contributed by atoms with Crippen LogP contribution in [0.4, 0.5) is 5.82 Å². The number of carbonyl (C=O) groups is 1. The number of carboxylic acids is 1. The van der Waals surface area contributed by atoms with Crippen molar-refractivity contribution in [1.82, 2.24) is 15.1 Å². The summed E-state index contributed by atoms with van der Waals surface area (Å²) in [6.07, 6.45) is 3.97. The highest BCUT2D eigenvalue weighted by Gasteiger charge is 2.26. The second kappa shape index (κ2) is 6.13. The number of piperidine rings is 1. The fourth-order valence-electron chi connectivity index (χ4n) is 2.63. The minimum absolute atomic E-state index is 0.339. The highest BCUT2D eigenvalue weighted by Crippen LogP contribution is 2.25. The summed E-state index contributed by atoms with van der Waals surface area (Å²) in [7, 11) is 0. The van der Waals surface area contributed by atoms with Crippen LogP contribution in [0.2, 0.25) is 0 Å². The maximum atomic E-state index is 11.2. The normalized spacial score (nSPS) is 18.4. The Balaban J connectivity index is 1.83. The molecule has 2 aromatic rings. The Labute approximate surface area is 128 Å². The fraction of sp³-hybridized carbons (Fsp3) is 0.467. The quantitative estimate of drug-likeness (QED) is 0.923. The first kappa shape index (κ1) is 14.5. The molecular weight excluding hydrogens is 284 g/mol. The first-order valence-corrected chi connectivity index (χ1v) is 7.44. The molecule has 1 aliphatic heterocycles. The van der Waals surface area contributed by atoms with Crippen molar-refractivity contribution >= 4 is 11.8 Å². The molecule has 0 radical (unpaired) electrons. The van der Waals surface area contributed by atoms with Gasteiger partial charge in [0.25, 0.3) is 5.89 Å². The molecule has 1 unspecified atom stereocenters. The number of aryl methyl sites for hydroxylation is 1. The lowest BCUT2D eigenvalue weighted by Crippen LogP contribution is -2.39. The molecule has 1 saturated heterocycles. The van der Waals surface area contributed by atoms with Crippen molar-refractivity contribution in [2.24, 2.45) is 5.92 Å². The van der Waals surface area contributed by atoms with Crippen LogP contribution in [0, 0.1) is 5.92 Å². The van der Waals surface area contributed by atoms with Gasteiger partial charge in [-0.1, -0.05) is 12.1 Å². The molecule has 0 aliphatic carbocycles. The van der Waals surface area contributed by atoms with Gasteiger partial charge >= 0.3 is 5.97 Å². The molecule has 2 aromatic heterocycles. The molecule has 0 bridgehead atoms. The summed E-state index contributed by atoms with van der Waals surface area (Å²) in [5.74, 6) is 0.795. The van der Waals surface area contributed by atoms with E-state index in [2.05, 4.69) is 15.1 Å². The molecule has 1 N–H and O–H groups in total. The number of nitrogens with zero attached hydrogens (tertiary/aromatic N) is 4. The van der Waals surface area contributed by atoms with Crippen molar-refractivity contribution in [3.63, 3.8) is 0 Å². The van der Waals surface area contributed by atoms with Crippen molar-refractivity contribution in [3.8, 4) is 11.5 Å². The Kier molecular flexibility index (Phi) is 4.04. The van der Waals surface area contributed by atoms with E-state index in [4.69, 9.17) is 4.52 Å². The van der Waals surface area contributed by atoms with Gasteiger partial charge < -0.3 is 14.5 Å². The molecule has 7 nitrogen and oxygen atoms in total. The van der Waals surface area contributed by atoms with Crippen LogP contribution in [0.3, 0.4) is 0 Å². The highest BCUT2D eigenvalue weighted by atomic mass is 16.5. The number of aliphatic carboxylic acids is 1. The van der Waals surface area contributed by atoms with E-state index in [1.807, 2.05) is 24.0 Å². The maximum Gasteiger partial charge on any atom is 0.308 e. The van der Waals surface area contributed by atoms with Gasteiger partial charge in [0, 0.05) is 31.3 Å². The molecule has 0 aromatic carbocycles. The number of rotatable bonds is 4. The zero-order valence-corrected chi connectivity index (χ0v) is 12.4. The Bertz CT molecular complexity index is 670. The third kappa shape index (κ3) is 2.93. The van der Waals surface area contributed by atoms with E-state index < -0.39 is 5.97 Å². The molecule has 0 spiro atoms. The van der Waals surface area contributed by atoms with Gasteiger partial charge in [-0.15, -0.1) is 0 Å². The van der Waals surface area contributed by atoms with E-state index in [1.165, 1.54) is 0 Å². The van der Waals surface area contributed by atoms with Gasteiger partial charge in [-0.2, -0.15) is 4.98 Å². The summed E-state index contributed by atoms with van der Waals surface area (Å²) in [4.78, 5) is 21.8. The average Bonchev–Trinajstić information content (AvgIpc) is 3.04. The van der Waals surface area contributed by atoms with E-state index in [-0.39, 0.29) is 5.92 Å². The lowest BCUT2D eigenvalue weighted by Gasteiger charge is -2.31. The largest absolute Gasteiger partial charge is 0.481 e. The summed E-state index contributed by atoms with van der Waals surface area (Å²) in [5.41, 5.74) is 0.801. The van der Waals surface area contributed by atoms with Crippen LogP contribution in [-0.4, -0.2) is 39.3 Å². The van der Waals surface area contributed by atoms with Gasteiger partial charge in [0.05, 0.1) is 5.92 Å². The number of hydrogen-bond donors (Lipinski definition) is 1. The molecule has 1 aliphatic rings. The SMILES string of the molecule is CCc1noc(-c2ccnc(N3CCCC(C(=O)O)C3)c2)n1. The molecule has 0 saturated carbocycles. The average molecular weight is 302 g/mol. The van der Waals surface area contributed by atoms with E-state index in [9.17, 15) is 9.90 Å². The molecular formula is C15H18N4O3. The van der Waals surface area contributed by atoms with Crippen LogP contribution in [-0.2, 0) is 11.2 Å². The highest BCUT2D eigenvalue weighted by molar-refractivity contribution is 5.71. The minimum Gasteiger partial charge on any atom is -0.481 e. The van der Waals surface area contributed by atoms with Crippen LogP contribution in [0.25, 0.3) is 11.5 Å². The Morgan fingerprint density at radius 2 is 2.41 bits per heavy atom. The predicted octanol–water partition coefficient (Wildman–Crippen LogP) is 1.99.